The number of fused-ring (bicyclic) bond motifs is 5. The molecule has 6 amide bonds. The topological polar surface area (TPSA) is 224 Å². The molecule has 59 heavy (non-hydrogen) atoms. The molecule has 1 aliphatic carbocycles. The summed E-state index contributed by atoms with van der Waals surface area (Å²) in [6.45, 7) is 4.97. The van der Waals surface area contributed by atoms with E-state index in [4.69, 9.17) is 10.5 Å². The Morgan fingerprint density at radius 1 is 0.915 bits per heavy atom. The van der Waals surface area contributed by atoms with Crippen LogP contribution in [-0.2, 0) is 36.8 Å². The molecular formula is C44H50N8O7. The molecule has 4 aromatic rings. The van der Waals surface area contributed by atoms with Crippen molar-refractivity contribution in [1.29, 1.82) is 0 Å². The van der Waals surface area contributed by atoms with Gasteiger partial charge in [0.1, 0.15) is 17.8 Å². The third kappa shape index (κ3) is 10.9. The second kappa shape index (κ2) is 19.2. The normalized spacial score (nSPS) is 16.4. The number of benzene rings is 3. The van der Waals surface area contributed by atoms with E-state index in [1.54, 1.807) is 45.0 Å². The molecule has 15 nitrogen and oxygen atoms in total. The Hall–Kier alpha value is -6.64. The lowest BCUT2D eigenvalue weighted by Crippen LogP contribution is -2.49. The van der Waals surface area contributed by atoms with Gasteiger partial charge in [0, 0.05) is 24.1 Å². The Morgan fingerprint density at radius 2 is 1.64 bits per heavy atom. The molecule has 6 rings (SSSR count). The number of primary amides is 1. The minimum absolute atomic E-state index is 0.0241. The summed E-state index contributed by atoms with van der Waals surface area (Å²) in [5.74, 6) is -1.60. The summed E-state index contributed by atoms with van der Waals surface area (Å²) in [7, 11) is 0. The molecule has 2 atom stereocenters. The van der Waals surface area contributed by atoms with Crippen LogP contribution in [0, 0.1) is 20.8 Å². The number of aryl methyl sites for hydroxylation is 3. The van der Waals surface area contributed by atoms with E-state index in [9.17, 15) is 28.8 Å². The molecule has 0 spiro atoms. The Balaban J connectivity index is 1.26. The number of rotatable bonds is 12. The van der Waals surface area contributed by atoms with Crippen LogP contribution >= 0.6 is 0 Å². The molecule has 15 heteroatoms. The molecule has 1 aliphatic heterocycles. The van der Waals surface area contributed by atoms with Crippen molar-refractivity contribution in [1.82, 2.24) is 31.2 Å². The molecule has 0 saturated heterocycles. The summed E-state index contributed by atoms with van der Waals surface area (Å²) in [6.07, 6.45) is 6.51. The minimum Gasteiger partial charge on any atom is -0.490 e. The fourth-order valence-electron chi connectivity index (χ4n) is 7.58. The van der Waals surface area contributed by atoms with E-state index >= 15 is 0 Å². The number of nitrogens with zero attached hydrogens (tertiary/aromatic N) is 2. The highest BCUT2D eigenvalue weighted by molar-refractivity contribution is 6.04. The molecule has 7 N–H and O–H groups in total. The SMILES string of the molecule is Cc1cc2cc(c1NC(=O)[C@H](CCNC=O)NC(=O)c1c(C)nc(-c3ccc(OC4CCCCC4)cc3)nc1C)-c1cccc(c1)CC(=O)NCC(=O)NC(C(N)=O)C2. The fraction of sp³-hybridized carbons (Fsp3) is 0.364. The average molecular weight is 803 g/mol. The monoisotopic (exact) mass is 802 g/mol. The molecule has 2 aliphatic rings. The highest BCUT2D eigenvalue weighted by Crippen LogP contribution is 2.34. The molecule has 1 unspecified atom stereocenters. The molecule has 4 bridgehead atoms. The Bertz CT molecular complexity index is 2210. The maximum Gasteiger partial charge on any atom is 0.255 e. The van der Waals surface area contributed by atoms with E-state index in [0.717, 1.165) is 24.2 Å². The van der Waals surface area contributed by atoms with Gasteiger partial charge < -0.3 is 37.1 Å². The standard InChI is InChI=1S/C44H50N8O7/c1-25-18-29-20-34(31-9-7-8-28(19-31)22-37(54)47-23-38(55)50-36(21-29)41(45)56)40(25)52-43(57)35(16-17-46-24-53)51-44(58)39-26(2)48-42(49-27(39)3)30-12-14-33(15-13-30)59-32-10-5-4-6-11-32/h7-9,12-15,18-20,24,32,35-36H,4-6,10-11,16-17,21-23H2,1-3H3,(H2,45,56)(H,46,53)(H,47,54)(H,50,55)(H,51,58)(H,52,57)/t35-,36?/m0/s1. The van der Waals surface area contributed by atoms with Gasteiger partial charge in [-0.3, -0.25) is 28.8 Å². The van der Waals surface area contributed by atoms with Crippen molar-refractivity contribution in [2.45, 2.75) is 90.3 Å². The van der Waals surface area contributed by atoms with E-state index < -0.39 is 41.6 Å². The van der Waals surface area contributed by atoms with Crippen LogP contribution in [0.5, 0.6) is 5.75 Å². The Morgan fingerprint density at radius 3 is 2.34 bits per heavy atom. The lowest BCUT2D eigenvalue weighted by atomic mass is 9.93. The van der Waals surface area contributed by atoms with Crippen LogP contribution in [0.2, 0.25) is 0 Å². The zero-order chi connectivity index (χ0) is 42.1. The Kier molecular flexibility index (Phi) is 13.7. The summed E-state index contributed by atoms with van der Waals surface area (Å²) in [4.78, 5) is 86.4. The summed E-state index contributed by atoms with van der Waals surface area (Å²) in [6, 6.07) is 16.2. The molecular weight excluding hydrogens is 753 g/mol. The second-order valence-electron chi connectivity index (χ2n) is 15.1. The van der Waals surface area contributed by atoms with Gasteiger partial charge >= 0.3 is 0 Å². The van der Waals surface area contributed by atoms with Crippen molar-refractivity contribution in [2.24, 2.45) is 5.73 Å². The minimum atomic E-state index is -1.11. The predicted molar refractivity (Wildman–Crippen MR) is 221 cm³/mol. The number of nitrogens with one attached hydrogen (secondary N) is 5. The largest absolute Gasteiger partial charge is 0.490 e. The van der Waals surface area contributed by atoms with Gasteiger partial charge in [0.2, 0.25) is 30.0 Å². The smallest absolute Gasteiger partial charge is 0.255 e. The number of carbonyl (C=O) groups is 6. The van der Waals surface area contributed by atoms with Crippen LogP contribution in [0.4, 0.5) is 5.69 Å². The van der Waals surface area contributed by atoms with Crippen LogP contribution in [-0.4, -0.2) is 77.2 Å². The van der Waals surface area contributed by atoms with Gasteiger partial charge in [-0.2, -0.15) is 0 Å². The molecule has 1 aromatic heterocycles. The third-order valence-electron chi connectivity index (χ3n) is 10.6. The summed E-state index contributed by atoms with van der Waals surface area (Å²) in [5.41, 5.74) is 11.1. The molecule has 1 saturated carbocycles. The quantitative estimate of drug-likeness (QED) is 0.0910. The lowest BCUT2D eigenvalue weighted by Gasteiger charge is -2.23. The van der Waals surface area contributed by atoms with Crippen LogP contribution in [0.1, 0.15) is 77.0 Å². The zero-order valence-corrected chi connectivity index (χ0v) is 33.5. The highest BCUT2D eigenvalue weighted by atomic mass is 16.5. The summed E-state index contributed by atoms with van der Waals surface area (Å²) >= 11 is 0. The van der Waals surface area contributed by atoms with Crippen molar-refractivity contribution in [2.75, 3.05) is 18.4 Å². The molecule has 0 radical (unpaired) electrons. The van der Waals surface area contributed by atoms with Gasteiger partial charge in [0.05, 0.1) is 41.7 Å². The summed E-state index contributed by atoms with van der Waals surface area (Å²) < 4.78 is 6.17. The predicted octanol–water partition coefficient (Wildman–Crippen LogP) is 3.51. The van der Waals surface area contributed by atoms with E-state index in [1.807, 2.05) is 36.4 Å². The third-order valence-corrected chi connectivity index (χ3v) is 10.6. The second-order valence-corrected chi connectivity index (χ2v) is 15.1. The number of hydrogen-bond acceptors (Lipinski definition) is 9. The maximum absolute atomic E-state index is 14.2. The van der Waals surface area contributed by atoms with E-state index in [1.165, 1.54) is 19.3 Å². The first kappa shape index (κ1) is 42.0. The number of hydrogen-bond donors (Lipinski definition) is 6. The van der Waals surface area contributed by atoms with Crippen LogP contribution in [0.3, 0.4) is 0 Å². The van der Waals surface area contributed by atoms with Crippen LogP contribution < -0.4 is 37.1 Å². The van der Waals surface area contributed by atoms with Gasteiger partial charge in [0.15, 0.2) is 5.82 Å². The number of carbonyl (C=O) groups excluding carboxylic acids is 6. The molecule has 308 valence electrons. The fourth-order valence-corrected chi connectivity index (χ4v) is 7.58. The van der Waals surface area contributed by atoms with Gasteiger partial charge in [-0.1, -0.05) is 36.8 Å². The zero-order valence-electron chi connectivity index (χ0n) is 33.5. The average Bonchev–Trinajstić information content (AvgIpc) is 3.20. The van der Waals surface area contributed by atoms with Crippen molar-refractivity contribution in [3.05, 3.63) is 94.3 Å². The van der Waals surface area contributed by atoms with E-state index in [0.29, 0.717) is 57.1 Å². The molecule has 2 heterocycles. The van der Waals surface area contributed by atoms with Gasteiger partial charge in [-0.05, 0) is 105 Å². The highest BCUT2D eigenvalue weighted by Gasteiger charge is 2.27. The number of ether oxygens (including phenoxy) is 1. The van der Waals surface area contributed by atoms with Crippen molar-refractivity contribution >= 4 is 41.6 Å². The number of amides is 6. The van der Waals surface area contributed by atoms with Gasteiger partial charge in [-0.25, -0.2) is 9.97 Å². The van der Waals surface area contributed by atoms with Crippen molar-refractivity contribution in [3.63, 3.8) is 0 Å². The molecule has 3 aromatic carbocycles. The van der Waals surface area contributed by atoms with Gasteiger partial charge in [0.25, 0.3) is 5.91 Å². The van der Waals surface area contributed by atoms with Gasteiger partial charge in [-0.15, -0.1) is 0 Å². The first-order valence-electron chi connectivity index (χ1n) is 19.9. The number of aromatic nitrogens is 2. The Labute approximate surface area is 342 Å². The van der Waals surface area contributed by atoms with Crippen LogP contribution in [0.15, 0.2) is 60.7 Å². The first-order chi connectivity index (χ1) is 28.4. The van der Waals surface area contributed by atoms with Crippen LogP contribution in [0.25, 0.3) is 22.5 Å². The number of nitrogens with two attached hydrogens (primary N) is 1. The van der Waals surface area contributed by atoms with E-state index in [2.05, 4.69) is 36.6 Å². The van der Waals surface area contributed by atoms with E-state index in [-0.39, 0.29) is 44.0 Å². The van der Waals surface area contributed by atoms with Crippen molar-refractivity contribution in [3.8, 4) is 28.3 Å². The summed E-state index contributed by atoms with van der Waals surface area (Å²) in [5, 5.41) is 13.6. The first-order valence-corrected chi connectivity index (χ1v) is 19.9. The lowest BCUT2D eigenvalue weighted by molar-refractivity contribution is -0.128. The van der Waals surface area contributed by atoms with Crippen molar-refractivity contribution < 1.29 is 33.5 Å². The number of anilines is 1. The maximum atomic E-state index is 14.2. The molecule has 1 fully saturated rings.